The Morgan fingerprint density at radius 3 is 2.28 bits per heavy atom. The zero-order valence-corrected chi connectivity index (χ0v) is 30.9. The second-order valence-corrected chi connectivity index (χ2v) is 17.2. The Bertz CT molecular complexity index is 1990. The molecule has 0 saturated carbocycles. The van der Waals surface area contributed by atoms with E-state index in [1.807, 2.05) is 16.0 Å². The molecule has 0 spiro atoms. The highest BCUT2D eigenvalue weighted by Gasteiger charge is 2.39. The number of hydrogen-bond acceptors (Lipinski definition) is 8. The molecule has 8 nitrogen and oxygen atoms in total. The number of rotatable bonds is 10. The van der Waals surface area contributed by atoms with Crippen molar-refractivity contribution in [3.8, 4) is 11.3 Å². The molecule has 0 bridgehead atoms. The molecule has 7 rings (SSSR count). The maximum atomic E-state index is 13.5. The van der Waals surface area contributed by atoms with Crippen molar-refractivity contribution in [1.82, 2.24) is 24.9 Å². The number of anilines is 1. The van der Waals surface area contributed by atoms with Gasteiger partial charge in [0, 0.05) is 30.6 Å². The van der Waals surface area contributed by atoms with Crippen LogP contribution in [0.15, 0.2) is 102 Å². The lowest BCUT2D eigenvalue weighted by atomic mass is 9.84. The first-order chi connectivity index (χ1) is 24.2. The number of nitrogens with one attached hydrogen (secondary N) is 1. The Morgan fingerprint density at radius 1 is 0.960 bits per heavy atom. The standard InChI is InChI=1S/C39H44FN7OSSi/c1-5-30-36(35(41)38-44-32(25-49-38)26-16-18-27(40)19-17-26)47-33(43-30)20-21-34(45-47)46-23-22-42-31(24-46)37(39(2,3)4)48-50(28-12-8-6-9-13-28)29-14-10-7-11-15-29/h6-21,25,31,35,37,42,50H,5,22-24,41H2,1-4H3/t31-,35?,37?/m1/s1. The zero-order valence-electron chi connectivity index (χ0n) is 29.0. The molecule has 11 heteroatoms. The smallest absolute Gasteiger partial charge is 0.240 e. The van der Waals surface area contributed by atoms with Gasteiger partial charge >= 0.3 is 0 Å². The largest absolute Gasteiger partial charge is 0.406 e. The van der Waals surface area contributed by atoms with Gasteiger partial charge in [0.2, 0.25) is 9.04 Å². The molecule has 1 saturated heterocycles. The average Bonchev–Trinajstić information content (AvgIpc) is 3.78. The summed E-state index contributed by atoms with van der Waals surface area (Å²) in [6.07, 6.45) is 0.668. The molecule has 50 heavy (non-hydrogen) atoms. The van der Waals surface area contributed by atoms with E-state index in [0.717, 1.165) is 58.8 Å². The molecule has 3 atom stereocenters. The molecule has 0 aliphatic carbocycles. The fraction of sp³-hybridized carbons (Fsp3) is 0.308. The van der Waals surface area contributed by atoms with Gasteiger partial charge in [0.25, 0.3) is 0 Å². The molecule has 3 N–H and O–H groups in total. The van der Waals surface area contributed by atoms with Gasteiger partial charge in [-0.25, -0.2) is 18.9 Å². The zero-order chi connectivity index (χ0) is 34.8. The Kier molecular flexibility index (Phi) is 9.94. The lowest BCUT2D eigenvalue weighted by Crippen LogP contribution is -2.62. The molecular weight excluding hydrogens is 662 g/mol. The second kappa shape index (κ2) is 14.5. The Balaban J connectivity index is 1.17. The van der Waals surface area contributed by atoms with Crippen molar-refractivity contribution in [2.45, 2.75) is 52.3 Å². The second-order valence-electron chi connectivity index (χ2n) is 13.9. The predicted molar refractivity (Wildman–Crippen MR) is 204 cm³/mol. The number of nitrogens with two attached hydrogens (primary N) is 1. The highest BCUT2D eigenvalue weighted by atomic mass is 32.1. The number of aromatic nitrogens is 4. The fourth-order valence-electron chi connectivity index (χ4n) is 6.87. The number of nitrogens with zero attached hydrogens (tertiary/aromatic N) is 5. The Hall–Kier alpha value is -4.26. The third-order valence-corrected chi connectivity index (χ3v) is 12.8. The summed E-state index contributed by atoms with van der Waals surface area (Å²) in [5.41, 5.74) is 11.0. The molecule has 3 aromatic heterocycles. The summed E-state index contributed by atoms with van der Waals surface area (Å²) in [5.74, 6) is 0.597. The minimum atomic E-state index is -2.00. The summed E-state index contributed by atoms with van der Waals surface area (Å²) in [7, 11) is -2.00. The Morgan fingerprint density at radius 2 is 1.64 bits per heavy atom. The van der Waals surface area contributed by atoms with Crippen molar-refractivity contribution >= 4 is 42.2 Å². The van der Waals surface area contributed by atoms with Gasteiger partial charge in [-0.1, -0.05) is 88.4 Å². The first-order valence-electron chi connectivity index (χ1n) is 17.3. The SMILES string of the molecule is CCc1nc2ccc(N3CCN[C@@H](C(O[SiH](c4ccccc4)c4ccccc4)C(C)(C)C)C3)nn2c1C(N)c1nc(-c2ccc(F)cc2)cs1. The number of halogens is 1. The monoisotopic (exact) mass is 705 g/mol. The number of hydrogen-bond donors (Lipinski definition) is 2. The topological polar surface area (TPSA) is 93.6 Å². The van der Waals surface area contributed by atoms with Gasteiger partial charge in [-0.3, -0.25) is 0 Å². The van der Waals surface area contributed by atoms with Gasteiger partial charge in [-0.2, -0.15) is 0 Å². The maximum Gasteiger partial charge on any atom is 0.240 e. The summed E-state index contributed by atoms with van der Waals surface area (Å²) in [4.78, 5) is 12.1. The quantitative estimate of drug-likeness (QED) is 0.186. The van der Waals surface area contributed by atoms with Gasteiger partial charge in [0.15, 0.2) is 5.65 Å². The van der Waals surface area contributed by atoms with Crippen molar-refractivity contribution in [2.24, 2.45) is 11.1 Å². The van der Waals surface area contributed by atoms with Gasteiger partial charge < -0.3 is 20.4 Å². The van der Waals surface area contributed by atoms with Crippen LogP contribution in [0.5, 0.6) is 0 Å². The van der Waals surface area contributed by atoms with Crippen LogP contribution in [0, 0.1) is 11.2 Å². The van der Waals surface area contributed by atoms with Crippen LogP contribution < -0.4 is 26.3 Å². The average molecular weight is 706 g/mol. The van der Waals surface area contributed by atoms with Crippen LogP contribution in [0.1, 0.15) is 50.1 Å². The molecule has 1 aliphatic heterocycles. The van der Waals surface area contributed by atoms with Crippen LogP contribution >= 0.6 is 11.3 Å². The maximum absolute atomic E-state index is 13.5. The van der Waals surface area contributed by atoms with E-state index < -0.39 is 15.1 Å². The van der Waals surface area contributed by atoms with Crippen LogP contribution in [-0.2, 0) is 10.8 Å². The molecule has 6 aromatic rings. The molecule has 3 aromatic carbocycles. The minimum absolute atomic E-state index is 0.0461. The number of imidazole rings is 1. The van der Waals surface area contributed by atoms with E-state index in [-0.39, 0.29) is 23.4 Å². The van der Waals surface area contributed by atoms with Crippen LogP contribution in [0.4, 0.5) is 10.2 Å². The van der Waals surface area contributed by atoms with E-state index >= 15 is 0 Å². The van der Waals surface area contributed by atoms with Crippen molar-refractivity contribution in [3.05, 3.63) is 125 Å². The molecule has 1 aliphatic rings. The van der Waals surface area contributed by atoms with Crippen molar-refractivity contribution in [3.63, 3.8) is 0 Å². The van der Waals surface area contributed by atoms with Crippen LogP contribution in [0.25, 0.3) is 16.9 Å². The summed E-state index contributed by atoms with van der Waals surface area (Å²) in [6, 6.07) is 31.4. The molecule has 258 valence electrons. The summed E-state index contributed by atoms with van der Waals surface area (Å²) < 4.78 is 22.8. The van der Waals surface area contributed by atoms with Gasteiger partial charge in [0.1, 0.15) is 22.7 Å². The van der Waals surface area contributed by atoms with E-state index in [4.69, 9.17) is 25.2 Å². The van der Waals surface area contributed by atoms with E-state index in [1.165, 1.54) is 33.8 Å². The van der Waals surface area contributed by atoms with Crippen LogP contribution in [0.3, 0.4) is 0 Å². The van der Waals surface area contributed by atoms with Gasteiger partial charge in [0.05, 0.1) is 29.2 Å². The predicted octanol–water partition coefficient (Wildman–Crippen LogP) is 5.35. The number of piperazine rings is 1. The van der Waals surface area contributed by atoms with Crippen molar-refractivity contribution in [1.29, 1.82) is 0 Å². The van der Waals surface area contributed by atoms with Gasteiger partial charge in [-0.15, -0.1) is 16.4 Å². The molecule has 0 radical (unpaired) electrons. The van der Waals surface area contributed by atoms with Gasteiger partial charge in [-0.05, 0) is 58.6 Å². The third kappa shape index (κ3) is 7.14. The fourth-order valence-corrected chi connectivity index (χ4v) is 10.4. The molecule has 2 unspecified atom stereocenters. The van der Waals surface area contributed by atoms with Crippen LogP contribution in [-0.4, -0.2) is 60.4 Å². The number of benzene rings is 3. The van der Waals surface area contributed by atoms with E-state index in [9.17, 15) is 4.39 Å². The Labute approximate surface area is 298 Å². The third-order valence-electron chi connectivity index (χ3n) is 9.37. The summed E-state index contributed by atoms with van der Waals surface area (Å²) >= 11 is 1.49. The summed E-state index contributed by atoms with van der Waals surface area (Å²) in [5, 5.41) is 14.3. The minimum Gasteiger partial charge on any atom is -0.406 e. The van der Waals surface area contributed by atoms with Crippen LogP contribution in [0.2, 0.25) is 0 Å². The van der Waals surface area contributed by atoms with E-state index in [1.54, 1.807) is 12.1 Å². The first kappa shape index (κ1) is 34.2. The lowest BCUT2D eigenvalue weighted by Gasteiger charge is -2.44. The van der Waals surface area contributed by atoms with Crippen molar-refractivity contribution < 1.29 is 8.82 Å². The number of fused-ring (bicyclic) bond motifs is 1. The molecular formula is C39H44FN7OSSi. The normalized spacial score (nSPS) is 16.6. The molecule has 1 fully saturated rings. The first-order valence-corrected chi connectivity index (χ1v) is 19.8. The van der Waals surface area contributed by atoms with E-state index in [2.05, 4.69) is 105 Å². The highest BCUT2D eigenvalue weighted by molar-refractivity contribution is 7.10. The number of aryl methyl sites for hydroxylation is 1. The lowest BCUT2D eigenvalue weighted by molar-refractivity contribution is 0.0513. The van der Waals surface area contributed by atoms with Crippen molar-refractivity contribution in [2.75, 3.05) is 24.5 Å². The number of thiazole rings is 1. The van der Waals surface area contributed by atoms with E-state index in [0.29, 0.717) is 6.42 Å². The highest BCUT2D eigenvalue weighted by Crippen LogP contribution is 2.32. The summed E-state index contributed by atoms with van der Waals surface area (Å²) in [6.45, 7) is 11.3. The molecule has 4 heterocycles. The molecule has 0 amide bonds.